The van der Waals surface area contributed by atoms with E-state index in [1.54, 1.807) is 6.33 Å². The molecule has 0 spiro atoms. The van der Waals surface area contributed by atoms with Gasteiger partial charge in [-0.1, -0.05) is 18.2 Å². The quantitative estimate of drug-likeness (QED) is 0.787. The monoisotopic (exact) mass is 215 g/mol. The van der Waals surface area contributed by atoms with Crippen LogP contribution < -0.4 is 0 Å². The second-order valence-corrected chi connectivity index (χ2v) is 4.13. The molecule has 16 heavy (non-hydrogen) atoms. The fraction of sp³-hybridized carbons (Fsp3) is 0.385. The Balaban J connectivity index is 2.24. The molecule has 0 atom stereocenters. The molecule has 0 aliphatic rings. The van der Waals surface area contributed by atoms with E-state index in [1.807, 2.05) is 0 Å². The second kappa shape index (κ2) is 4.47. The van der Waals surface area contributed by atoms with E-state index in [-0.39, 0.29) is 0 Å². The Morgan fingerprint density at radius 1 is 1.19 bits per heavy atom. The smallest absolute Gasteiger partial charge is 0.137 e. The summed E-state index contributed by atoms with van der Waals surface area (Å²) in [5.74, 6) is 1.03. The van der Waals surface area contributed by atoms with Gasteiger partial charge in [0.2, 0.25) is 0 Å². The molecule has 0 radical (unpaired) electrons. The highest BCUT2D eigenvalue weighted by molar-refractivity contribution is 5.31. The Bertz CT molecular complexity index is 486. The van der Waals surface area contributed by atoms with Crippen molar-refractivity contribution in [1.29, 1.82) is 0 Å². The lowest BCUT2D eigenvalue weighted by atomic mass is 10.0. The van der Waals surface area contributed by atoms with Crippen LogP contribution in [0.25, 0.3) is 0 Å². The summed E-state index contributed by atoms with van der Waals surface area (Å²) in [6.07, 6.45) is 2.64. The van der Waals surface area contributed by atoms with Gasteiger partial charge in [0, 0.05) is 13.0 Å². The van der Waals surface area contributed by atoms with Gasteiger partial charge in [-0.3, -0.25) is 0 Å². The van der Waals surface area contributed by atoms with Crippen molar-refractivity contribution in [1.82, 2.24) is 14.8 Å². The van der Waals surface area contributed by atoms with Crippen molar-refractivity contribution >= 4 is 0 Å². The molecule has 0 aliphatic carbocycles. The third-order valence-electron chi connectivity index (χ3n) is 2.97. The number of aromatic nitrogens is 3. The Morgan fingerprint density at radius 3 is 2.69 bits per heavy atom. The van der Waals surface area contributed by atoms with Crippen molar-refractivity contribution in [3.8, 4) is 0 Å². The third kappa shape index (κ3) is 2.13. The highest BCUT2D eigenvalue weighted by atomic mass is 15.3. The van der Waals surface area contributed by atoms with Crippen molar-refractivity contribution in [3.63, 3.8) is 0 Å². The minimum absolute atomic E-state index is 0.856. The van der Waals surface area contributed by atoms with Crippen LogP contribution in [0.2, 0.25) is 0 Å². The predicted octanol–water partition coefficient (Wildman–Crippen LogP) is 2.51. The van der Waals surface area contributed by atoms with Crippen LogP contribution in [0, 0.1) is 13.8 Å². The van der Waals surface area contributed by atoms with E-state index >= 15 is 0 Å². The standard InChI is InChI=1S/C13H17N3/c1-4-16-9-14-15-13(16)8-12-6-5-10(2)11(3)7-12/h5-7,9H,4,8H2,1-3H3. The van der Waals surface area contributed by atoms with Crippen molar-refractivity contribution in [3.05, 3.63) is 47.0 Å². The van der Waals surface area contributed by atoms with Crippen LogP contribution in [0.4, 0.5) is 0 Å². The van der Waals surface area contributed by atoms with E-state index in [0.717, 1.165) is 18.8 Å². The van der Waals surface area contributed by atoms with Crippen LogP contribution in [0.5, 0.6) is 0 Å². The number of aryl methyl sites for hydroxylation is 3. The molecule has 0 aliphatic heterocycles. The second-order valence-electron chi connectivity index (χ2n) is 4.13. The largest absolute Gasteiger partial charge is 0.318 e. The molecule has 2 aromatic rings. The van der Waals surface area contributed by atoms with Crippen LogP contribution >= 0.6 is 0 Å². The summed E-state index contributed by atoms with van der Waals surface area (Å²) in [6, 6.07) is 6.55. The normalized spacial score (nSPS) is 10.7. The molecule has 84 valence electrons. The fourth-order valence-corrected chi connectivity index (χ4v) is 1.78. The van der Waals surface area contributed by atoms with Gasteiger partial charge < -0.3 is 4.57 Å². The van der Waals surface area contributed by atoms with E-state index in [9.17, 15) is 0 Å². The van der Waals surface area contributed by atoms with E-state index in [4.69, 9.17) is 0 Å². The topological polar surface area (TPSA) is 30.7 Å². The van der Waals surface area contributed by atoms with E-state index < -0.39 is 0 Å². The first-order chi connectivity index (χ1) is 7.70. The zero-order chi connectivity index (χ0) is 11.5. The van der Waals surface area contributed by atoms with Crippen LogP contribution in [-0.4, -0.2) is 14.8 Å². The van der Waals surface area contributed by atoms with Gasteiger partial charge in [0.1, 0.15) is 12.2 Å². The lowest BCUT2D eigenvalue weighted by Gasteiger charge is -2.06. The number of hydrogen-bond donors (Lipinski definition) is 0. The number of hydrogen-bond acceptors (Lipinski definition) is 2. The Kier molecular flexibility index (Phi) is 3.04. The van der Waals surface area contributed by atoms with Gasteiger partial charge >= 0.3 is 0 Å². The van der Waals surface area contributed by atoms with Crippen molar-refractivity contribution in [2.24, 2.45) is 0 Å². The molecule has 1 heterocycles. The summed E-state index contributed by atoms with van der Waals surface area (Å²) in [7, 11) is 0. The lowest BCUT2D eigenvalue weighted by Crippen LogP contribution is -2.02. The van der Waals surface area contributed by atoms with Gasteiger partial charge in [-0.05, 0) is 37.5 Å². The third-order valence-corrected chi connectivity index (χ3v) is 2.97. The molecular weight excluding hydrogens is 198 g/mol. The molecule has 3 nitrogen and oxygen atoms in total. The maximum atomic E-state index is 4.15. The van der Waals surface area contributed by atoms with Crippen molar-refractivity contribution < 1.29 is 0 Å². The fourth-order valence-electron chi connectivity index (χ4n) is 1.78. The Morgan fingerprint density at radius 2 is 2.00 bits per heavy atom. The van der Waals surface area contributed by atoms with Crippen LogP contribution in [0.15, 0.2) is 24.5 Å². The molecule has 0 amide bonds. The molecule has 2 rings (SSSR count). The van der Waals surface area contributed by atoms with Crippen LogP contribution in [0.1, 0.15) is 29.4 Å². The molecule has 0 unspecified atom stereocenters. The average Bonchev–Trinajstić information content (AvgIpc) is 2.71. The highest BCUT2D eigenvalue weighted by Crippen LogP contribution is 2.12. The van der Waals surface area contributed by atoms with Gasteiger partial charge in [-0.2, -0.15) is 0 Å². The van der Waals surface area contributed by atoms with Gasteiger partial charge in [-0.15, -0.1) is 10.2 Å². The Labute approximate surface area is 96.1 Å². The molecule has 0 saturated carbocycles. The molecule has 1 aromatic heterocycles. The van der Waals surface area contributed by atoms with Crippen molar-refractivity contribution in [2.75, 3.05) is 0 Å². The molecular formula is C13H17N3. The van der Waals surface area contributed by atoms with Gasteiger partial charge in [-0.25, -0.2) is 0 Å². The maximum absolute atomic E-state index is 4.15. The SMILES string of the molecule is CCn1cnnc1Cc1ccc(C)c(C)c1. The first kappa shape index (κ1) is 10.9. The average molecular weight is 215 g/mol. The summed E-state index contributed by atoms with van der Waals surface area (Å²) in [5, 5.41) is 8.09. The minimum Gasteiger partial charge on any atom is -0.318 e. The van der Waals surface area contributed by atoms with Gasteiger partial charge in [0.25, 0.3) is 0 Å². The minimum atomic E-state index is 0.856. The summed E-state index contributed by atoms with van der Waals surface area (Å²) in [6.45, 7) is 7.30. The number of benzene rings is 1. The molecule has 0 fully saturated rings. The summed E-state index contributed by atoms with van der Waals surface area (Å²) >= 11 is 0. The van der Waals surface area contributed by atoms with E-state index in [1.165, 1.54) is 16.7 Å². The summed E-state index contributed by atoms with van der Waals surface area (Å²) < 4.78 is 2.08. The zero-order valence-corrected chi connectivity index (χ0v) is 10.1. The van der Waals surface area contributed by atoms with Gasteiger partial charge in [0.15, 0.2) is 0 Å². The molecule has 0 saturated heterocycles. The van der Waals surface area contributed by atoms with Crippen LogP contribution in [-0.2, 0) is 13.0 Å². The lowest BCUT2D eigenvalue weighted by molar-refractivity contribution is 0.712. The molecule has 1 aromatic carbocycles. The summed E-state index contributed by atoms with van der Waals surface area (Å²) in [5.41, 5.74) is 3.96. The van der Waals surface area contributed by atoms with Crippen molar-refractivity contribution in [2.45, 2.75) is 33.7 Å². The Hall–Kier alpha value is -1.64. The first-order valence-electron chi connectivity index (χ1n) is 5.63. The van der Waals surface area contributed by atoms with Crippen LogP contribution in [0.3, 0.4) is 0 Å². The highest BCUT2D eigenvalue weighted by Gasteiger charge is 2.04. The first-order valence-corrected chi connectivity index (χ1v) is 5.63. The zero-order valence-electron chi connectivity index (χ0n) is 10.1. The number of nitrogens with zero attached hydrogens (tertiary/aromatic N) is 3. The molecule has 0 bridgehead atoms. The van der Waals surface area contributed by atoms with Gasteiger partial charge in [0.05, 0.1) is 0 Å². The maximum Gasteiger partial charge on any atom is 0.137 e. The van der Waals surface area contributed by atoms with E-state index in [0.29, 0.717) is 0 Å². The predicted molar refractivity (Wildman–Crippen MR) is 64.4 cm³/mol. The van der Waals surface area contributed by atoms with E-state index in [2.05, 4.69) is 53.7 Å². The number of rotatable bonds is 3. The summed E-state index contributed by atoms with van der Waals surface area (Å²) in [4.78, 5) is 0. The molecule has 3 heteroatoms. The molecule has 0 N–H and O–H groups in total.